The quantitative estimate of drug-likeness (QED) is 0.534. The van der Waals surface area contributed by atoms with Crippen LogP contribution in [0.2, 0.25) is 5.28 Å². The first-order valence-electron chi connectivity index (χ1n) is 6.85. The number of para-hydroxylation sites is 1. The molecule has 0 amide bonds. The third-order valence-electron chi connectivity index (χ3n) is 2.97. The maximum Gasteiger partial charge on any atom is 0.269 e. The van der Waals surface area contributed by atoms with Crippen LogP contribution in [0.25, 0.3) is 0 Å². The second kappa shape index (κ2) is 6.88. The van der Waals surface area contributed by atoms with Gasteiger partial charge in [0.2, 0.25) is 17.2 Å². The summed E-state index contributed by atoms with van der Waals surface area (Å²) in [5.74, 6) is 0.507. The molecule has 1 heterocycles. The fourth-order valence-corrected chi connectivity index (χ4v) is 2.07. The van der Waals surface area contributed by atoms with Crippen LogP contribution in [-0.2, 0) is 0 Å². The molecule has 0 aliphatic rings. The van der Waals surface area contributed by atoms with E-state index in [0.717, 1.165) is 5.69 Å². The van der Waals surface area contributed by atoms with E-state index < -0.39 is 4.92 Å². The summed E-state index contributed by atoms with van der Waals surface area (Å²) in [4.78, 5) is 22.4. The van der Waals surface area contributed by atoms with Gasteiger partial charge < -0.3 is 10.6 Å². The zero-order valence-electron chi connectivity index (χ0n) is 12.2. The van der Waals surface area contributed by atoms with Crippen molar-refractivity contribution in [3.63, 3.8) is 0 Å². The first-order chi connectivity index (χ1) is 11.6. The van der Waals surface area contributed by atoms with E-state index in [1.54, 1.807) is 12.1 Å². The van der Waals surface area contributed by atoms with E-state index in [1.165, 1.54) is 12.1 Å². The lowest BCUT2D eigenvalue weighted by molar-refractivity contribution is -0.384. The molecule has 8 nitrogen and oxygen atoms in total. The Morgan fingerprint density at radius 3 is 1.92 bits per heavy atom. The molecular weight excluding hydrogens is 332 g/mol. The highest BCUT2D eigenvalue weighted by molar-refractivity contribution is 6.28. The van der Waals surface area contributed by atoms with Crippen LogP contribution in [0, 0.1) is 10.1 Å². The molecule has 0 fully saturated rings. The van der Waals surface area contributed by atoms with Crippen molar-refractivity contribution in [2.45, 2.75) is 0 Å². The fraction of sp³-hybridized carbons (Fsp3) is 0. The Kier molecular flexibility index (Phi) is 4.48. The topological polar surface area (TPSA) is 106 Å². The molecule has 0 aliphatic heterocycles. The van der Waals surface area contributed by atoms with Crippen molar-refractivity contribution in [3.8, 4) is 0 Å². The molecule has 0 bridgehead atoms. The second-order valence-electron chi connectivity index (χ2n) is 4.67. The summed E-state index contributed by atoms with van der Waals surface area (Å²) < 4.78 is 0. The minimum atomic E-state index is -0.467. The Morgan fingerprint density at radius 2 is 1.38 bits per heavy atom. The normalized spacial score (nSPS) is 10.2. The molecule has 3 aromatic rings. The Bertz CT molecular complexity index is 858. The third-order valence-corrected chi connectivity index (χ3v) is 3.14. The van der Waals surface area contributed by atoms with Gasteiger partial charge in [-0.15, -0.1) is 0 Å². The lowest BCUT2D eigenvalue weighted by Crippen LogP contribution is -2.04. The van der Waals surface area contributed by atoms with E-state index in [-0.39, 0.29) is 22.9 Å². The number of nitro groups is 1. The summed E-state index contributed by atoms with van der Waals surface area (Å²) in [6.07, 6.45) is 0. The van der Waals surface area contributed by atoms with Crippen LogP contribution < -0.4 is 10.6 Å². The summed E-state index contributed by atoms with van der Waals surface area (Å²) in [5.41, 5.74) is 1.40. The number of hydrogen-bond donors (Lipinski definition) is 2. The number of benzene rings is 2. The summed E-state index contributed by atoms with van der Waals surface area (Å²) >= 11 is 5.92. The monoisotopic (exact) mass is 342 g/mol. The van der Waals surface area contributed by atoms with E-state index in [4.69, 9.17) is 11.6 Å². The van der Waals surface area contributed by atoms with Crippen LogP contribution in [0.1, 0.15) is 0 Å². The van der Waals surface area contributed by atoms with Crippen LogP contribution in [0.4, 0.5) is 29.0 Å². The molecule has 9 heteroatoms. The zero-order chi connectivity index (χ0) is 16.9. The van der Waals surface area contributed by atoms with Gasteiger partial charge in [0, 0.05) is 23.5 Å². The van der Waals surface area contributed by atoms with E-state index in [2.05, 4.69) is 25.6 Å². The van der Waals surface area contributed by atoms with Crippen molar-refractivity contribution in [1.29, 1.82) is 0 Å². The summed E-state index contributed by atoms with van der Waals surface area (Å²) in [6.45, 7) is 0. The molecule has 0 radical (unpaired) electrons. The van der Waals surface area contributed by atoms with Gasteiger partial charge in [-0.25, -0.2) is 0 Å². The maximum absolute atomic E-state index is 10.7. The van der Waals surface area contributed by atoms with Gasteiger partial charge in [0.1, 0.15) is 0 Å². The first kappa shape index (κ1) is 15.6. The number of nitrogens with one attached hydrogen (secondary N) is 2. The lowest BCUT2D eigenvalue weighted by Gasteiger charge is -2.08. The summed E-state index contributed by atoms with van der Waals surface area (Å²) in [7, 11) is 0. The molecule has 0 atom stereocenters. The van der Waals surface area contributed by atoms with Crippen molar-refractivity contribution >= 4 is 40.6 Å². The average Bonchev–Trinajstić information content (AvgIpc) is 2.55. The van der Waals surface area contributed by atoms with Gasteiger partial charge in [0.15, 0.2) is 0 Å². The van der Waals surface area contributed by atoms with Gasteiger partial charge in [-0.3, -0.25) is 10.1 Å². The van der Waals surface area contributed by atoms with Gasteiger partial charge in [0.05, 0.1) is 4.92 Å². The number of rotatable bonds is 5. The molecular formula is C15H11ClN6O2. The van der Waals surface area contributed by atoms with Crippen molar-refractivity contribution < 1.29 is 4.92 Å². The van der Waals surface area contributed by atoms with Gasteiger partial charge >= 0.3 is 0 Å². The molecule has 0 saturated carbocycles. The highest BCUT2D eigenvalue weighted by atomic mass is 35.5. The van der Waals surface area contributed by atoms with E-state index in [9.17, 15) is 10.1 Å². The largest absolute Gasteiger partial charge is 0.324 e. The van der Waals surface area contributed by atoms with E-state index >= 15 is 0 Å². The number of nitrogens with zero attached hydrogens (tertiary/aromatic N) is 4. The molecule has 120 valence electrons. The molecule has 1 aromatic heterocycles. The predicted octanol–water partition coefficient (Wildman–Crippen LogP) is 3.92. The molecule has 3 rings (SSSR count). The van der Waals surface area contributed by atoms with Crippen molar-refractivity contribution in [2.24, 2.45) is 0 Å². The van der Waals surface area contributed by atoms with Crippen molar-refractivity contribution in [1.82, 2.24) is 15.0 Å². The highest BCUT2D eigenvalue weighted by Crippen LogP contribution is 2.20. The Labute approximate surface area is 141 Å². The number of nitro benzene ring substituents is 1. The van der Waals surface area contributed by atoms with Gasteiger partial charge in [0.25, 0.3) is 5.69 Å². The molecule has 0 unspecified atom stereocenters. The number of hydrogen-bond acceptors (Lipinski definition) is 7. The standard InChI is InChI=1S/C15H11ClN6O2/c16-13-19-14(17-10-4-2-1-3-5-10)21-15(20-13)18-11-6-8-12(9-7-11)22(23)24/h1-9H,(H2,17,18,19,20,21). The first-order valence-corrected chi connectivity index (χ1v) is 7.23. The lowest BCUT2D eigenvalue weighted by atomic mass is 10.3. The second-order valence-corrected chi connectivity index (χ2v) is 5.01. The fourth-order valence-electron chi connectivity index (χ4n) is 1.91. The Balaban J connectivity index is 1.79. The van der Waals surface area contributed by atoms with Crippen molar-refractivity contribution in [2.75, 3.05) is 10.6 Å². The SMILES string of the molecule is O=[N+]([O-])c1ccc(Nc2nc(Cl)nc(Nc3ccccc3)n2)cc1. The molecule has 24 heavy (non-hydrogen) atoms. The van der Waals surface area contributed by atoms with Crippen LogP contribution in [-0.4, -0.2) is 19.9 Å². The Morgan fingerprint density at radius 1 is 0.833 bits per heavy atom. The molecule has 0 spiro atoms. The summed E-state index contributed by atoms with van der Waals surface area (Å²) in [6, 6.07) is 15.3. The van der Waals surface area contributed by atoms with E-state index in [1.807, 2.05) is 30.3 Å². The smallest absolute Gasteiger partial charge is 0.269 e. The van der Waals surface area contributed by atoms with Crippen molar-refractivity contribution in [3.05, 3.63) is 70.0 Å². The predicted molar refractivity (Wildman–Crippen MR) is 90.9 cm³/mol. The Hall–Kier alpha value is -3.26. The number of halogens is 1. The third kappa shape index (κ3) is 3.93. The zero-order valence-corrected chi connectivity index (χ0v) is 12.9. The molecule has 0 aliphatic carbocycles. The average molecular weight is 343 g/mol. The number of anilines is 4. The molecule has 2 aromatic carbocycles. The highest BCUT2D eigenvalue weighted by Gasteiger charge is 2.08. The van der Waals surface area contributed by atoms with Gasteiger partial charge in [-0.05, 0) is 35.9 Å². The van der Waals surface area contributed by atoms with E-state index in [0.29, 0.717) is 5.69 Å². The van der Waals surface area contributed by atoms with Crippen LogP contribution in [0.5, 0.6) is 0 Å². The van der Waals surface area contributed by atoms with Gasteiger partial charge in [-0.2, -0.15) is 15.0 Å². The van der Waals surface area contributed by atoms with Crippen LogP contribution in [0.15, 0.2) is 54.6 Å². The minimum Gasteiger partial charge on any atom is -0.324 e. The molecule has 0 saturated heterocycles. The maximum atomic E-state index is 10.7. The van der Waals surface area contributed by atoms with Crippen LogP contribution >= 0.6 is 11.6 Å². The van der Waals surface area contributed by atoms with Gasteiger partial charge in [-0.1, -0.05) is 18.2 Å². The minimum absolute atomic E-state index is 0.000613. The summed E-state index contributed by atoms with van der Waals surface area (Å²) in [5, 5.41) is 16.6. The number of non-ortho nitro benzene ring substituents is 1. The number of aromatic nitrogens is 3. The molecule has 2 N–H and O–H groups in total. The van der Waals surface area contributed by atoms with Crippen LogP contribution in [0.3, 0.4) is 0 Å².